The molecule has 1 aromatic carbocycles. The Bertz CT molecular complexity index is 913. The highest BCUT2D eigenvalue weighted by atomic mass is 16.5. The van der Waals surface area contributed by atoms with Gasteiger partial charge in [-0.2, -0.15) is 0 Å². The molecule has 26 heavy (non-hydrogen) atoms. The molecule has 0 radical (unpaired) electrons. The van der Waals surface area contributed by atoms with Gasteiger partial charge in [-0.15, -0.1) is 0 Å². The molecule has 1 atom stereocenters. The molecule has 4 heterocycles. The molecule has 5 nitrogen and oxygen atoms in total. The molecule has 5 heteroatoms. The smallest absolute Gasteiger partial charge is 0.138 e. The normalized spacial score (nSPS) is 22.2. The van der Waals surface area contributed by atoms with Crippen molar-refractivity contribution in [3.05, 3.63) is 54.5 Å². The van der Waals surface area contributed by atoms with Crippen LogP contribution in [-0.2, 0) is 11.2 Å². The van der Waals surface area contributed by atoms with Crippen LogP contribution in [0, 0.1) is 5.92 Å². The molecular formula is C21H24N4O. The van der Waals surface area contributed by atoms with Crippen molar-refractivity contribution in [2.75, 3.05) is 19.7 Å². The Morgan fingerprint density at radius 1 is 1.12 bits per heavy atom. The fourth-order valence-electron chi connectivity index (χ4n) is 4.45. The van der Waals surface area contributed by atoms with E-state index in [9.17, 15) is 0 Å². The zero-order chi connectivity index (χ0) is 17.4. The second kappa shape index (κ2) is 6.49. The van der Waals surface area contributed by atoms with E-state index in [1.54, 1.807) is 0 Å². The second-order valence-corrected chi connectivity index (χ2v) is 7.61. The highest BCUT2D eigenvalue weighted by Gasteiger charge is 2.41. The second-order valence-electron chi connectivity index (χ2n) is 7.61. The van der Waals surface area contributed by atoms with Crippen LogP contribution < -0.4 is 5.32 Å². The van der Waals surface area contributed by atoms with Gasteiger partial charge < -0.3 is 10.1 Å². The lowest BCUT2D eigenvalue weighted by Crippen LogP contribution is -2.41. The summed E-state index contributed by atoms with van der Waals surface area (Å²) in [6, 6.07) is 14.5. The van der Waals surface area contributed by atoms with Gasteiger partial charge in [0.2, 0.25) is 0 Å². The van der Waals surface area contributed by atoms with Gasteiger partial charge in [-0.05, 0) is 69.0 Å². The lowest BCUT2D eigenvalue weighted by molar-refractivity contribution is -0.0196. The number of rotatable bonds is 3. The van der Waals surface area contributed by atoms with Crippen LogP contribution >= 0.6 is 0 Å². The third-order valence-corrected chi connectivity index (χ3v) is 5.79. The first-order valence-electron chi connectivity index (χ1n) is 9.54. The summed E-state index contributed by atoms with van der Waals surface area (Å²) in [5.74, 6) is 1.50. The number of hydrogen-bond donors (Lipinski definition) is 1. The maximum Gasteiger partial charge on any atom is 0.138 e. The van der Waals surface area contributed by atoms with Crippen molar-refractivity contribution in [3.63, 3.8) is 0 Å². The largest absolute Gasteiger partial charge is 0.375 e. The van der Waals surface area contributed by atoms with E-state index in [-0.39, 0.29) is 5.60 Å². The standard InChI is InChI=1S/C21H24N4O/c1-2-6-19-18(5-1)23-15-25(19)20-7-3-4-17(24-20)12-16-13-21(26-14-16)8-10-22-11-9-21/h1-7,15-16,22H,8-14H2/t16-/m0/s1. The van der Waals surface area contributed by atoms with E-state index in [0.717, 1.165) is 67.9 Å². The Hall–Kier alpha value is -2.24. The fourth-order valence-corrected chi connectivity index (χ4v) is 4.45. The Morgan fingerprint density at radius 2 is 2.00 bits per heavy atom. The molecule has 1 N–H and O–H groups in total. The summed E-state index contributed by atoms with van der Waals surface area (Å²) in [5.41, 5.74) is 3.35. The van der Waals surface area contributed by atoms with Crippen LogP contribution in [0.5, 0.6) is 0 Å². The van der Waals surface area contributed by atoms with Crippen molar-refractivity contribution in [3.8, 4) is 5.82 Å². The summed E-state index contributed by atoms with van der Waals surface area (Å²) >= 11 is 0. The molecule has 3 aromatic rings. The Morgan fingerprint density at radius 3 is 2.92 bits per heavy atom. The number of benzene rings is 1. The number of aromatic nitrogens is 3. The van der Waals surface area contributed by atoms with E-state index >= 15 is 0 Å². The minimum Gasteiger partial charge on any atom is -0.375 e. The van der Waals surface area contributed by atoms with E-state index in [4.69, 9.17) is 9.72 Å². The van der Waals surface area contributed by atoms with Gasteiger partial charge in [0.25, 0.3) is 0 Å². The summed E-state index contributed by atoms with van der Waals surface area (Å²) in [6.45, 7) is 3.02. The molecule has 2 aromatic heterocycles. The van der Waals surface area contributed by atoms with Gasteiger partial charge in [-0.25, -0.2) is 9.97 Å². The van der Waals surface area contributed by atoms with Gasteiger partial charge in [-0.3, -0.25) is 4.57 Å². The molecule has 2 fully saturated rings. The van der Waals surface area contributed by atoms with E-state index in [1.165, 1.54) is 0 Å². The van der Waals surface area contributed by atoms with Gasteiger partial charge in [0.1, 0.15) is 12.1 Å². The summed E-state index contributed by atoms with van der Waals surface area (Å²) in [7, 11) is 0. The summed E-state index contributed by atoms with van der Waals surface area (Å²) in [4.78, 5) is 9.40. The molecule has 0 aliphatic carbocycles. The number of hydrogen-bond acceptors (Lipinski definition) is 4. The van der Waals surface area contributed by atoms with Gasteiger partial charge in [0, 0.05) is 5.69 Å². The van der Waals surface area contributed by atoms with Gasteiger partial charge >= 0.3 is 0 Å². The number of ether oxygens (including phenoxy) is 1. The molecule has 2 saturated heterocycles. The van der Waals surface area contributed by atoms with Crippen LogP contribution in [0.1, 0.15) is 25.0 Å². The summed E-state index contributed by atoms with van der Waals surface area (Å²) < 4.78 is 8.31. The lowest BCUT2D eigenvalue weighted by Gasteiger charge is -2.33. The van der Waals surface area contributed by atoms with Crippen molar-refractivity contribution in [1.82, 2.24) is 19.9 Å². The van der Waals surface area contributed by atoms with Crippen molar-refractivity contribution < 1.29 is 4.74 Å². The molecule has 2 aliphatic heterocycles. The van der Waals surface area contributed by atoms with Crippen molar-refractivity contribution in [1.29, 1.82) is 0 Å². The van der Waals surface area contributed by atoms with Crippen molar-refractivity contribution in [2.24, 2.45) is 5.92 Å². The average Bonchev–Trinajstić information content (AvgIpc) is 3.27. The maximum absolute atomic E-state index is 6.24. The van der Waals surface area contributed by atoms with Crippen LogP contribution in [0.3, 0.4) is 0 Å². The van der Waals surface area contributed by atoms with E-state index in [0.29, 0.717) is 5.92 Å². The quantitative estimate of drug-likeness (QED) is 0.790. The molecular weight excluding hydrogens is 324 g/mol. The van der Waals surface area contributed by atoms with Crippen LogP contribution in [0.15, 0.2) is 48.8 Å². The molecule has 0 bridgehead atoms. The fraction of sp³-hybridized carbons (Fsp3) is 0.429. The van der Waals surface area contributed by atoms with Crippen molar-refractivity contribution in [2.45, 2.75) is 31.3 Å². The van der Waals surface area contributed by atoms with Crippen LogP contribution in [0.25, 0.3) is 16.9 Å². The number of fused-ring (bicyclic) bond motifs is 1. The molecule has 1 spiro atoms. The summed E-state index contributed by atoms with van der Waals surface area (Å²) in [5, 5.41) is 3.44. The SMILES string of the molecule is c1cc(C[C@@H]2COC3(CCNCC3)C2)nc(-n2cnc3ccccc32)c1. The van der Waals surface area contributed by atoms with E-state index in [1.807, 2.05) is 24.5 Å². The minimum atomic E-state index is 0.119. The zero-order valence-electron chi connectivity index (χ0n) is 14.9. The Labute approximate surface area is 153 Å². The summed E-state index contributed by atoms with van der Waals surface area (Å²) in [6.07, 6.45) is 6.28. The first-order chi connectivity index (χ1) is 12.8. The zero-order valence-corrected chi connectivity index (χ0v) is 14.9. The van der Waals surface area contributed by atoms with Crippen LogP contribution in [0.2, 0.25) is 0 Å². The predicted molar refractivity (Wildman–Crippen MR) is 101 cm³/mol. The molecule has 134 valence electrons. The van der Waals surface area contributed by atoms with E-state index in [2.05, 4.69) is 39.1 Å². The number of imidazole rings is 1. The molecule has 2 aliphatic rings. The number of nitrogens with zero attached hydrogens (tertiary/aromatic N) is 3. The average molecular weight is 348 g/mol. The van der Waals surface area contributed by atoms with Crippen LogP contribution in [-0.4, -0.2) is 39.8 Å². The third kappa shape index (κ3) is 2.91. The van der Waals surface area contributed by atoms with Crippen molar-refractivity contribution >= 4 is 11.0 Å². The number of pyridine rings is 1. The Balaban J connectivity index is 1.36. The van der Waals surface area contributed by atoms with E-state index < -0.39 is 0 Å². The monoisotopic (exact) mass is 348 g/mol. The first-order valence-corrected chi connectivity index (χ1v) is 9.54. The lowest BCUT2D eigenvalue weighted by atomic mass is 9.85. The highest BCUT2D eigenvalue weighted by Crippen LogP contribution is 2.38. The third-order valence-electron chi connectivity index (χ3n) is 5.79. The first kappa shape index (κ1) is 16.0. The topological polar surface area (TPSA) is 52.0 Å². The number of nitrogens with one attached hydrogen (secondary N) is 1. The van der Waals surface area contributed by atoms with Gasteiger partial charge in [0.05, 0.1) is 23.2 Å². The number of para-hydroxylation sites is 2. The number of piperidine rings is 1. The van der Waals surface area contributed by atoms with Gasteiger partial charge in [0.15, 0.2) is 0 Å². The molecule has 0 saturated carbocycles. The van der Waals surface area contributed by atoms with Gasteiger partial charge in [-0.1, -0.05) is 18.2 Å². The predicted octanol–water partition coefficient (Wildman–Crippen LogP) is 3.12. The Kier molecular flexibility index (Phi) is 3.98. The highest BCUT2D eigenvalue weighted by molar-refractivity contribution is 5.76. The molecule has 0 unspecified atom stereocenters. The minimum absolute atomic E-state index is 0.119. The molecule has 5 rings (SSSR count). The molecule has 0 amide bonds. The van der Waals surface area contributed by atoms with Crippen LogP contribution in [0.4, 0.5) is 0 Å². The maximum atomic E-state index is 6.24.